The second kappa shape index (κ2) is 7.08. The van der Waals surface area contributed by atoms with Gasteiger partial charge in [0.1, 0.15) is 5.01 Å². The van der Waals surface area contributed by atoms with Gasteiger partial charge in [-0.15, -0.1) is 11.3 Å². The molecule has 2 aromatic heterocycles. The number of thiazole rings is 1. The van der Waals surface area contributed by atoms with Crippen LogP contribution in [0.2, 0.25) is 0 Å². The first kappa shape index (κ1) is 18.2. The smallest absolute Gasteiger partial charge is 0.388 e. The Balaban J connectivity index is 1.90. The molecule has 0 aliphatic rings. The van der Waals surface area contributed by atoms with Crippen molar-refractivity contribution >= 4 is 38.6 Å². The fourth-order valence-electron chi connectivity index (χ4n) is 2.89. The van der Waals surface area contributed by atoms with Crippen LogP contribution in [0.3, 0.4) is 0 Å². The van der Waals surface area contributed by atoms with Crippen molar-refractivity contribution in [2.45, 2.75) is 13.5 Å². The molecule has 0 unspecified atom stereocenters. The second-order valence-electron chi connectivity index (χ2n) is 5.93. The van der Waals surface area contributed by atoms with Gasteiger partial charge in [-0.3, -0.25) is 0 Å². The fraction of sp³-hybridized carbons (Fsp3) is 0.158. The minimum absolute atomic E-state index is 0.253. The van der Waals surface area contributed by atoms with Gasteiger partial charge in [0.05, 0.1) is 40.1 Å². The van der Waals surface area contributed by atoms with Gasteiger partial charge in [-0.25, -0.2) is 19.7 Å². The zero-order chi connectivity index (χ0) is 19.8. The third kappa shape index (κ3) is 3.24. The number of fused-ring (bicyclic) bond motifs is 2. The van der Waals surface area contributed by atoms with Crippen LogP contribution in [0, 0.1) is 6.92 Å². The molecule has 4 aromatic rings. The topological polar surface area (TPSA) is 74.2 Å². The zero-order valence-corrected chi connectivity index (χ0v) is 15.6. The minimum Gasteiger partial charge on any atom is -0.465 e. The number of aryl methyl sites for hydroxylation is 1. The molecule has 142 valence electrons. The highest BCUT2D eigenvalue weighted by Crippen LogP contribution is 2.36. The van der Waals surface area contributed by atoms with Crippen LogP contribution < -0.4 is 4.74 Å². The highest BCUT2D eigenvalue weighted by atomic mass is 32.1. The molecule has 0 aliphatic carbocycles. The van der Waals surface area contributed by atoms with Gasteiger partial charge in [0.2, 0.25) is 5.88 Å². The molecule has 0 radical (unpaired) electrons. The number of aromatic nitrogens is 3. The summed E-state index contributed by atoms with van der Waals surface area (Å²) in [7, 11) is 1.33. The Kier molecular flexibility index (Phi) is 4.60. The van der Waals surface area contributed by atoms with Crippen LogP contribution in [-0.4, -0.2) is 34.6 Å². The Hall–Kier alpha value is -3.20. The largest absolute Gasteiger partial charge is 0.465 e. The van der Waals surface area contributed by atoms with Crippen LogP contribution >= 0.6 is 11.3 Å². The van der Waals surface area contributed by atoms with Gasteiger partial charge < -0.3 is 9.47 Å². The number of ether oxygens (including phenoxy) is 2. The summed E-state index contributed by atoms with van der Waals surface area (Å²) < 4.78 is 34.8. The van der Waals surface area contributed by atoms with E-state index in [0.29, 0.717) is 37.4 Å². The van der Waals surface area contributed by atoms with E-state index in [1.807, 2.05) is 13.0 Å². The molecule has 0 fully saturated rings. The Morgan fingerprint density at radius 2 is 2.00 bits per heavy atom. The number of esters is 1. The number of carbonyl (C=O) groups excluding carboxylic acids is 1. The molecule has 0 saturated heterocycles. The molecule has 0 N–H and O–H groups in total. The first-order chi connectivity index (χ1) is 13.5. The Morgan fingerprint density at radius 1 is 1.18 bits per heavy atom. The van der Waals surface area contributed by atoms with Crippen molar-refractivity contribution in [2.24, 2.45) is 0 Å². The summed E-state index contributed by atoms with van der Waals surface area (Å²) in [5, 5.41) is 0.636. The molecule has 28 heavy (non-hydrogen) atoms. The van der Waals surface area contributed by atoms with Crippen LogP contribution in [0.5, 0.6) is 5.88 Å². The lowest BCUT2D eigenvalue weighted by molar-refractivity contribution is -0.0528. The molecule has 4 rings (SSSR count). The number of benzene rings is 2. The zero-order valence-electron chi connectivity index (χ0n) is 14.8. The van der Waals surface area contributed by atoms with E-state index in [2.05, 4.69) is 19.7 Å². The van der Waals surface area contributed by atoms with Gasteiger partial charge in [-0.2, -0.15) is 8.78 Å². The number of methoxy groups -OCH3 is 1. The van der Waals surface area contributed by atoms with Crippen LogP contribution in [0.1, 0.15) is 15.9 Å². The molecule has 0 aliphatic heterocycles. The average Bonchev–Trinajstić information content (AvgIpc) is 3.10. The van der Waals surface area contributed by atoms with Gasteiger partial charge in [0.25, 0.3) is 0 Å². The van der Waals surface area contributed by atoms with Crippen LogP contribution in [0.4, 0.5) is 8.78 Å². The predicted molar refractivity (Wildman–Crippen MR) is 101 cm³/mol. The SMILES string of the molecule is COC(=O)c1cccc2nc(-c3cc(C)cc4nc(OC(F)F)cnc34)sc12. The fourth-order valence-corrected chi connectivity index (χ4v) is 3.98. The molecule has 0 saturated carbocycles. The molecule has 0 bridgehead atoms. The lowest BCUT2D eigenvalue weighted by Crippen LogP contribution is -2.04. The molecule has 2 heterocycles. The van der Waals surface area contributed by atoms with E-state index in [1.54, 1.807) is 24.3 Å². The van der Waals surface area contributed by atoms with Gasteiger partial charge >= 0.3 is 12.6 Å². The number of halogens is 2. The lowest BCUT2D eigenvalue weighted by Gasteiger charge is -2.07. The average molecular weight is 401 g/mol. The number of carbonyl (C=O) groups is 1. The third-order valence-electron chi connectivity index (χ3n) is 4.03. The molecule has 0 amide bonds. The molecule has 0 atom stereocenters. The number of rotatable bonds is 4. The summed E-state index contributed by atoms with van der Waals surface area (Å²) in [6, 6.07) is 8.84. The van der Waals surface area contributed by atoms with Gasteiger partial charge in [-0.05, 0) is 36.8 Å². The number of nitrogens with zero attached hydrogens (tertiary/aromatic N) is 3. The highest BCUT2D eigenvalue weighted by molar-refractivity contribution is 7.22. The van der Waals surface area contributed by atoms with Crippen molar-refractivity contribution in [3.63, 3.8) is 0 Å². The van der Waals surface area contributed by atoms with Crippen molar-refractivity contribution in [1.82, 2.24) is 15.0 Å². The van der Waals surface area contributed by atoms with Gasteiger partial charge in [0.15, 0.2) is 0 Å². The van der Waals surface area contributed by atoms with E-state index < -0.39 is 12.6 Å². The first-order valence-corrected chi connectivity index (χ1v) is 8.98. The summed E-state index contributed by atoms with van der Waals surface area (Å²) in [5.74, 6) is -0.695. The van der Waals surface area contributed by atoms with Crippen molar-refractivity contribution in [2.75, 3.05) is 7.11 Å². The van der Waals surface area contributed by atoms with E-state index in [1.165, 1.54) is 18.4 Å². The normalized spacial score (nSPS) is 11.3. The molecular formula is C19H13F2N3O3S. The number of hydrogen-bond acceptors (Lipinski definition) is 7. The van der Waals surface area contributed by atoms with Crippen molar-refractivity contribution in [3.8, 4) is 16.5 Å². The summed E-state index contributed by atoms with van der Waals surface area (Å²) >= 11 is 1.33. The summed E-state index contributed by atoms with van der Waals surface area (Å²) in [6.45, 7) is -1.12. The standard InChI is InChI=1S/C19H13F2N3O3S/c1-9-6-11(15-13(7-9)23-14(8-22-15)27-19(20)21)17-24-12-5-3-4-10(16(12)28-17)18(25)26-2/h3-8,19H,1-2H3. The highest BCUT2D eigenvalue weighted by Gasteiger charge is 2.18. The maximum atomic E-state index is 12.5. The molecule has 6 nitrogen and oxygen atoms in total. The van der Waals surface area contributed by atoms with Crippen LogP contribution in [0.15, 0.2) is 36.5 Å². The summed E-state index contributed by atoms with van der Waals surface area (Å²) in [6.07, 6.45) is 1.15. The number of hydrogen-bond donors (Lipinski definition) is 0. The van der Waals surface area contributed by atoms with E-state index in [-0.39, 0.29) is 5.88 Å². The maximum absolute atomic E-state index is 12.5. The van der Waals surface area contributed by atoms with Crippen LogP contribution in [-0.2, 0) is 4.74 Å². The van der Waals surface area contributed by atoms with Crippen LogP contribution in [0.25, 0.3) is 31.8 Å². The quantitative estimate of drug-likeness (QED) is 0.465. The van der Waals surface area contributed by atoms with Gasteiger partial charge in [-0.1, -0.05) is 6.07 Å². The Bertz CT molecular complexity index is 1210. The third-order valence-corrected chi connectivity index (χ3v) is 5.17. The van der Waals surface area contributed by atoms with Crippen molar-refractivity contribution < 1.29 is 23.0 Å². The van der Waals surface area contributed by atoms with Crippen molar-refractivity contribution in [3.05, 3.63) is 47.7 Å². The van der Waals surface area contributed by atoms with E-state index in [0.717, 1.165) is 11.8 Å². The van der Waals surface area contributed by atoms with E-state index in [4.69, 9.17) is 4.74 Å². The molecule has 2 aromatic carbocycles. The van der Waals surface area contributed by atoms with Gasteiger partial charge in [0, 0.05) is 5.56 Å². The molecule has 9 heteroatoms. The summed E-state index contributed by atoms with van der Waals surface area (Å²) in [5.41, 5.74) is 3.57. The molecule has 0 spiro atoms. The predicted octanol–water partition coefficient (Wildman–Crippen LogP) is 4.60. The monoisotopic (exact) mass is 401 g/mol. The number of alkyl halides is 2. The Morgan fingerprint density at radius 3 is 2.75 bits per heavy atom. The summed E-state index contributed by atoms with van der Waals surface area (Å²) in [4.78, 5) is 25.0. The first-order valence-electron chi connectivity index (χ1n) is 8.16. The molecular weight excluding hydrogens is 388 g/mol. The van der Waals surface area contributed by atoms with Crippen molar-refractivity contribution in [1.29, 1.82) is 0 Å². The minimum atomic E-state index is -2.97. The Labute approximate surface area is 161 Å². The second-order valence-corrected chi connectivity index (χ2v) is 6.93. The maximum Gasteiger partial charge on any atom is 0.388 e. The van der Waals surface area contributed by atoms with E-state index >= 15 is 0 Å². The lowest BCUT2D eigenvalue weighted by atomic mass is 10.1. The van der Waals surface area contributed by atoms with E-state index in [9.17, 15) is 13.6 Å².